The summed E-state index contributed by atoms with van der Waals surface area (Å²) in [6.07, 6.45) is 3.41. The minimum absolute atomic E-state index is 0.615. The Morgan fingerprint density at radius 3 is 1.42 bits per heavy atom. The average Bonchev–Trinajstić information content (AvgIpc) is 2.42. The molecule has 0 fully saturated rings. The minimum atomic E-state index is -1.68. The third kappa shape index (κ3) is 7.20. The van der Waals surface area contributed by atoms with Crippen molar-refractivity contribution in [3.8, 4) is 11.8 Å². The van der Waals surface area contributed by atoms with Gasteiger partial charge in [-0.3, -0.25) is 0 Å². The Labute approximate surface area is 152 Å². The highest BCUT2D eigenvalue weighted by Gasteiger charge is 2.18. The topological polar surface area (TPSA) is 70.0 Å². The quantitative estimate of drug-likeness (QED) is 0.384. The third-order valence-corrected chi connectivity index (χ3v) is 5.79. The largest absolute Gasteiger partial charge is 0.531 e. The van der Waals surface area contributed by atoms with Gasteiger partial charge in [-0.25, -0.2) is 9.97 Å². The molecule has 0 spiro atoms. The van der Waals surface area contributed by atoms with Gasteiger partial charge in [-0.1, -0.05) is 0 Å². The first-order valence-electron chi connectivity index (χ1n) is 7.49. The van der Waals surface area contributed by atoms with Gasteiger partial charge in [-0.05, 0) is 60.9 Å². The lowest BCUT2D eigenvalue weighted by molar-refractivity contribution is 0.523. The molecular formula is C14H22N4O2S2Si2. The molecule has 0 aliphatic rings. The lowest BCUT2D eigenvalue weighted by Crippen LogP contribution is -2.29. The van der Waals surface area contributed by atoms with Gasteiger partial charge >= 0.3 is 0 Å². The molecule has 2 aromatic heterocycles. The van der Waals surface area contributed by atoms with Crippen molar-refractivity contribution in [1.29, 1.82) is 0 Å². The van der Waals surface area contributed by atoms with E-state index in [1.54, 1.807) is 24.5 Å². The molecule has 0 amide bonds. The Morgan fingerprint density at radius 1 is 0.708 bits per heavy atom. The normalized spacial score (nSPS) is 12.1. The maximum Gasteiger partial charge on any atom is 0.244 e. The van der Waals surface area contributed by atoms with Gasteiger partial charge in [0.15, 0.2) is 0 Å². The molecule has 2 aromatic rings. The van der Waals surface area contributed by atoms with Crippen LogP contribution in [0.3, 0.4) is 0 Å². The Balaban J connectivity index is 2.01. The van der Waals surface area contributed by atoms with Crippen LogP contribution in [0.5, 0.6) is 11.8 Å². The van der Waals surface area contributed by atoms with Crippen molar-refractivity contribution in [2.75, 3.05) is 0 Å². The summed E-state index contributed by atoms with van der Waals surface area (Å²) in [5, 5.41) is 1.24. The van der Waals surface area contributed by atoms with Crippen molar-refractivity contribution >= 4 is 38.2 Å². The smallest absolute Gasteiger partial charge is 0.244 e. The van der Waals surface area contributed by atoms with Crippen LogP contribution in [0.4, 0.5) is 0 Å². The fourth-order valence-corrected chi connectivity index (χ4v) is 4.57. The third-order valence-electron chi connectivity index (χ3n) is 2.23. The highest BCUT2D eigenvalue weighted by atomic mass is 33.1. The molecule has 0 saturated carbocycles. The molecular weight excluding hydrogens is 376 g/mol. The number of rotatable bonds is 7. The summed E-state index contributed by atoms with van der Waals surface area (Å²) >= 11 is 0. The van der Waals surface area contributed by atoms with Crippen LogP contribution in [-0.4, -0.2) is 36.6 Å². The van der Waals surface area contributed by atoms with Gasteiger partial charge in [0.1, 0.15) is 0 Å². The summed E-state index contributed by atoms with van der Waals surface area (Å²) in [5.74, 6) is 1.23. The zero-order chi connectivity index (χ0) is 17.8. The highest BCUT2D eigenvalue weighted by molar-refractivity contribution is 8.76. The number of nitrogens with zero attached hydrogens (tertiary/aromatic N) is 4. The number of aromatic nitrogens is 4. The molecule has 2 rings (SSSR count). The van der Waals surface area contributed by atoms with E-state index in [9.17, 15) is 0 Å². The van der Waals surface area contributed by atoms with E-state index in [2.05, 4.69) is 59.2 Å². The van der Waals surface area contributed by atoms with E-state index in [1.807, 2.05) is 0 Å². The summed E-state index contributed by atoms with van der Waals surface area (Å²) in [6.45, 7) is 12.7. The van der Waals surface area contributed by atoms with E-state index in [1.165, 1.54) is 21.6 Å². The van der Waals surface area contributed by atoms with Crippen molar-refractivity contribution in [3.63, 3.8) is 0 Å². The highest BCUT2D eigenvalue weighted by Crippen LogP contribution is 2.34. The maximum atomic E-state index is 5.89. The molecule has 0 radical (unpaired) electrons. The van der Waals surface area contributed by atoms with E-state index >= 15 is 0 Å². The van der Waals surface area contributed by atoms with Crippen molar-refractivity contribution < 1.29 is 8.85 Å². The van der Waals surface area contributed by atoms with Gasteiger partial charge in [-0.2, -0.15) is 9.97 Å². The van der Waals surface area contributed by atoms with E-state index in [4.69, 9.17) is 8.85 Å². The first-order valence-corrected chi connectivity index (χ1v) is 16.5. The molecule has 0 unspecified atom stereocenters. The second kappa shape index (κ2) is 7.85. The van der Waals surface area contributed by atoms with Crippen LogP contribution in [0, 0.1) is 0 Å². The average molecular weight is 399 g/mol. The van der Waals surface area contributed by atoms with Crippen LogP contribution >= 0.6 is 21.6 Å². The molecule has 0 N–H and O–H groups in total. The van der Waals surface area contributed by atoms with Crippen LogP contribution in [0.1, 0.15) is 0 Å². The second-order valence-electron chi connectivity index (χ2n) is 6.95. The lowest BCUT2D eigenvalue weighted by Gasteiger charge is -2.18. The molecule has 0 saturated heterocycles. The molecule has 0 bridgehead atoms. The van der Waals surface area contributed by atoms with Crippen LogP contribution in [0.25, 0.3) is 0 Å². The van der Waals surface area contributed by atoms with Crippen LogP contribution in [0.15, 0.2) is 34.8 Å². The summed E-state index contributed by atoms with van der Waals surface area (Å²) in [7, 11) is -0.562. The molecule has 24 heavy (non-hydrogen) atoms. The fraction of sp³-hybridized carbons (Fsp3) is 0.429. The van der Waals surface area contributed by atoms with E-state index in [0.717, 1.165) is 0 Å². The van der Waals surface area contributed by atoms with Crippen LogP contribution < -0.4 is 8.85 Å². The molecule has 10 heteroatoms. The predicted molar refractivity (Wildman–Crippen MR) is 104 cm³/mol. The summed E-state index contributed by atoms with van der Waals surface area (Å²) in [5.41, 5.74) is 0. The van der Waals surface area contributed by atoms with Crippen molar-refractivity contribution in [2.45, 2.75) is 49.6 Å². The fourth-order valence-electron chi connectivity index (χ4n) is 1.55. The van der Waals surface area contributed by atoms with Gasteiger partial charge in [0, 0.05) is 24.5 Å². The van der Waals surface area contributed by atoms with Gasteiger partial charge in [-0.15, -0.1) is 0 Å². The van der Waals surface area contributed by atoms with Crippen molar-refractivity contribution in [2.24, 2.45) is 0 Å². The molecule has 2 heterocycles. The SMILES string of the molecule is C[Si](C)(C)Oc1ccnc(SSc2nccc(O[Si](C)(C)C)n2)n1. The minimum Gasteiger partial charge on any atom is -0.531 e. The first kappa shape index (κ1) is 19.2. The van der Waals surface area contributed by atoms with Gasteiger partial charge in [0.25, 0.3) is 0 Å². The summed E-state index contributed by atoms with van der Waals surface area (Å²) < 4.78 is 11.8. The van der Waals surface area contributed by atoms with E-state index in [-0.39, 0.29) is 0 Å². The Hall–Kier alpha value is -1.11. The zero-order valence-electron chi connectivity index (χ0n) is 14.7. The summed E-state index contributed by atoms with van der Waals surface area (Å²) in [6, 6.07) is 3.57. The number of hydrogen-bond acceptors (Lipinski definition) is 8. The van der Waals surface area contributed by atoms with Gasteiger partial charge in [0.2, 0.25) is 38.7 Å². The second-order valence-corrected chi connectivity index (χ2v) is 17.9. The molecule has 6 nitrogen and oxygen atoms in total. The molecule has 0 aliphatic heterocycles. The van der Waals surface area contributed by atoms with Crippen molar-refractivity contribution in [3.05, 3.63) is 24.5 Å². The van der Waals surface area contributed by atoms with E-state index < -0.39 is 16.6 Å². The summed E-state index contributed by atoms with van der Waals surface area (Å²) in [4.78, 5) is 17.3. The molecule has 0 aliphatic carbocycles. The first-order chi connectivity index (χ1) is 11.1. The Bertz CT molecular complexity index is 633. The molecule has 0 atom stereocenters. The van der Waals surface area contributed by atoms with Crippen LogP contribution in [-0.2, 0) is 0 Å². The van der Waals surface area contributed by atoms with E-state index in [0.29, 0.717) is 22.1 Å². The Kier molecular flexibility index (Phi) is 6.29. The zero-order valence-corrected chi connectivity index (χ0v) is 18.4. The lowest BCUT2D eigenvalue weighted by atomic mass is 10.6. The maximum absolute atomic E-state index is 5.89. The number of hydrogen-bond donors (Lipinski definition) is 0. The van der Waals surface area contributed by atoms with Crippen LogP contribution in [0.2, 0.25) is 39.3 Å². The molecule has 130 valence electrons. The monoisotopic (exact) mass is 398 g/mol. The predicted octanol–water partition coefficient (Wildman–Crippen LogP) is 4.49. The molecule has 0 aromatic carbocycles. The van der Waals surface area contributed by atoms with Gasteiger partial charge in [0.05, 0.1) is 0 Å². The standard InChI is InChI=1S/C14H22N4O2S2Si2/c1-23(2,3)19-11-7-9-15-13(17-11)21-22-14-16-10-8-12(18-14)20-24(4,5)6/h7-10H,1-6H3. The van der Waals surface area contributed by atoms with Crippen molar-refractivity contribution in [1.82, 2.24) is 19.9 Å². The Morgan fingerprint density at radius 2 is 1.08 bits per heavy atom. The van der Waals surface area contributed by atoms with Gasteiger partial charge < -0.3 is 8.85 Å².